The number of piperidine rings is 1. The summed E-state index contributed by atoms with van der Waals surface area (Å²) in [7, 11) is 0. The average molecular weight is 429 g/mol. The van der Waals surface area contributed by atoms with Crippen molar-refractivity contribution in [2.45, 2.75) is 65.0 Å². The highest BCUT2D eigenvalue weighted by molar-refractivity contribution is 6.14. The molecule has 7 heteroatoms. The predicted octanol–water partition coefficient (Wildman–Crippen LogP) is 3.92. The number of nitrogens with zero attached hydrogens (tertiary/aromatic N) is 3. The fraction of sp³-hybridized carbons (Fsp3) is 0.583. The van der Waals surface area contributed by atoms with Gasteiger partial charge in [-0.3, -0.25) is 9.59 Å². The van der Waals surface area contributed by atoms with Crippen molar-refractivity contribution in [1.82, 2.24) is 14.8 Å². The Labute approximate surface area is 183 Å². The van der Waals surface area contributed by atoms with E-state index in [2.05, 4.69) is 17.1 Å². The number of hydrogen-bond donors (Lipinski definition) is 1. The van der Waals surface area contributed by atoms with Gasteiger partial charge in [-0.2, -0.15) is 0 Å². The first-order valence-electron chi connectivity index (χ1n) is 11.7. The SMILES string of the molecule is CCn1c(C(=O)NCCCN2CCCC[C@@H]2C)c(N2CCCC2=O)c2cc(F)ccc21. The molecule has 0 radical (unpaired) electrons. The maximum atomic E-state index is 14.1. The molecule has 4 rings (SSSR count). The van der Waals surface area contributed by atoms with Crippen LogP contribution in [0.25, 0.3) is 10.9 Å². The van der Waals surface area contributed by atoms with Crippen LogP contribution in [-0.2, 0) is 11.3 Å². The number of aryl methyl sites for hydroxylation is 1. The molecule has 2 aliphatic rings. The summed E-state index contributed by atoms with van der Waals surface area (Å²) in [6, 6.07) is 5.16. The van der Waals surface area contributed by atoms with Crippen LogP contribution < -0.4 is 10.2 Å². The first kappa shape index (κ1) is 21.8. The first-order chi connectivity index (χ1) is 15.0. The van der Waals surface area contributed by atoms with E-state index in [1.165, 1.54) is 31.4 Å². The second-order valence-corrected chi connectivity index (χ2v) is 8.74. The molecule has 2 fully saturated rings. The Kier molecular flexibility index (Phi) is 6.60. The Bertz CT molecular complexity index is 970. The van der Waals surface area contributed by atoms with Crippen LogP contribution in [0.1, 0.15) is 62.9 Å². The number of carbonyl (C=O) groups excluding carboxylic acids is 2. The second kappa shape index (κ2) is 9.39. The maximum absolute atomic E-state index is 14.1. The van der Waals surface area contributed by atoms with Gasteiger partial charge in [0.15, 0.2) is 0 Å². The van der Waals surface area contributed by atoms with E-state index in [0.717, 1.165) is 31.4 Å². The van der Waals surface area contributed by atoms with Crippen LogP contribution in [0.4, 0.5) is 10.1 Å². The molecule has 2 amide bonds. The lowest BCUT2D eigenvalue weighted by molar-refractivity contribution is -0.117. The molecular weight excluding hydrogens is 395 g/mol. The standard InChI is InChI=1S/C24H33FN4O2/c1-3-28-20-11-10-18(25)16-19(20)22(29-15-6-9-21(29)30)23(28)24(31)26-12-7-14-27-13-5-4-8-17(27)2/h10-11,16-17H,3-9,12-15H2,1-2H3,(H,26,31)/t17-/m0/s1. The molecule has 0 saturated carbocycles. The van der Waals surface area contributed by atoms with Crippen molar-refractivity contribution in [3.63, 3.8) is 0 Å². The van der Waals surface area contributed by atoms with Gasteiger partial charge in [-0.15, -0.1) is 0 Å². The highest BCUT2D eigenvalue weighted by Gasteiger charge is 2.31. The summed E-state index contributed by atoms with van der Waals surface area (Å²) >= 11 is 0. The van der Waals surface area contributed by atoms with Crippen molar-refractivity contribution < 1.29 is 14.0 Å². The zero-order chi connectivity index (χ0) is 22.0. The predicted molar refractivity (Wildman–Crippen MR) is 121 cm³/mol. The topological polar surface area (TPSA) is 57.6 Å². The minimum atomic E-state index is -0.365. The fourth-order valence-corrected chi connectivity index (χ4v) is 5.08. The number of carbonyl (C=O) groups is 2. The van der Waals surface area contributed by atoms with Crippen molar-refractivity contribution in [2.24, 2.45) is 0 Å². The normalized spacial score (nSPS) is 20.0. The summed E-state index contributed by atoms with van der Waals surface area (Å²) in [5, 5.41) is 3.69. The molecule has 1 aromatic heterocycles. The second-order valence-electron chi connectivity index (χ2n) is 8.74. The zero-order valence-corrected chi connectivity index (χ0v) is 18.6. The lowest BCUT2D eigenvalue weighted by Gasteiger charge is -2.33. The van der Waals surface area contributed by atoms with Crippen LogP contribution in [0, 0.1) is 5.82 Å². The molecule has 6 nitrogen and oxygen atoms in total. The van der Waals surface area contributed by atoms with Gasteiger partial charge in [0.2, 0.25) is 5.91 Å². The van der Waals surface area contributed by atoms with Gasteiger partial charge in [0.25, 0.3) is 5.91 Å². The summed E-state index contributed by atoms with van der Waals surface area (Å²) in [5.41, 5.74) is 1.80. The Morgan fingerprint density at radius 1 is 1.23 bits per heavy atom. The molecule has 3 heterocycles. The number of likely N-dealkylation sites (tertiary alicyclic amines) is 1. The Balaban J connectivity index is 1.56. The molecule has 2 aromatic rings. The van der Waals surface area contributed by atoms with Crippen LogP contribution in [0.15, 0.2) is 18.2 Å². The van der Waals surface area contributed by atoms with Crippen molar-refractivity contribution >= 4 is 28.4 Å². The lowest BCUT2D eigenvalue weighted by atomic mass is 10.0. The number of fused-ring (bicyclic) bond motifs is 1. The Morgan fingerprint density at radius 3 is 2.77 bits per heavy atom. The smallest absolute Gasteiger partial charge is 0.270 e. The maximum Gasteiger partial charge on any atom is 0.270 e. The van der Waals surface area contributed by atoms with Crippen LogP contribution in [-0.4, -0.2) is 53.5 Å². The van der Waals surface area contributed by atoms with Crippen molar-refractivity contribution in [1.29, 1.82) is 0 Å². The highest BCUT2D eigenvalue weighted by Crippen LogP contribution is 2.37. The summed E-state index contributed by atoms with van der Waals surface area (Å²) in [5.74, 6) is -0.566. The number of nitrogens with one attached hydrogen (secondary N) is 1. The molecule has 0 aliphatic carbocycles. The van der Waals surface area contributed by atoms with E-state index in [1.54, 1.807) is 11.0 Å². The summed E-state index contributed by atoms with van der Waals surface area (Å²) < 4.78 is 16.0. The third kappa shape index (κ3) is 4.33. The largest absolute Gasteiger partial charge is 0.351 e. The van der Waals surface area contributed by atoms with Crippen LogP contribution in [0.3, 0.4) is 0 Å². The van der Waals surface area contributed by atoms with E-state index >= 15 is 0 Å². The number of halogens is 1. The van der Waals surface area contributed by atoms with E-state index in [-0.39, 0.29) is 17.6 Å². The van der Waals surface area contributed by atoms with Gasteiger partial charge < -0.3 is 19.7 Å². The molecule has 2 saturated heterocycles. The Hall–Kier alpha value is -2.41. The minimum Gasteiger partial charge on any atom is -0.351 e. The zero-order valence-electron chi connectivity index (χ0n) is 18.6. The molecule has 0 spiro atoms. The van der Waals surface area contributed by atoms with Crippen LogP contribution >= 0.6 is 0 Å². The molecular formula is C24H33FN4O2. The van der Waals surface area contributed by atoms with E-state index < -0.39 is 0 Å². The van der Waals surface area contributed by atoms with Crippen molar-refractivity contribution in [3.8, 4) is 0 Å². The summed E-state index contributed by atoms with van der Waals surface area (Å²) in [4.78, 5) is 30.0. The van der Waals surface area contributed by atoms with Gasteiger partial charge in [-0.25, -0.2) is 4.39 Å². The lowest BCUT2D eigenvalue weighted by Crippen LogP contribution is -2.39. The highest BCUT2D eigenvalue weighted by atomic mass is 19.1. The van der Waals surface area contributed by atoms with Crippen LogP contribution in [0.5, 0.6) is 0 Å². The molecule has 1 N–H and O–H groups in total. The number of rotatable bonds is 7. The van der Waals surface area contributed by atoms with E-state index in [1.807, 2.05) is 11.5 Å². The van der Waals surface area contributed by atoms with Crippen molar-refractivity contribution in [2.75, 3.05) is 31.1 Å². The summed E-state index contributed by atoms with van der Waals surface area (Å²) in [6.07, 6.45) is 5.89. The monoisotopic (exact) mass is 428 g/mol. The number of anilines is 1. The van der Waals surface area contributed by atoms with E-state index in [4.69, 9.17) is 0 Å². The van der Waals surface area contributed by atoms with Gasteiger partial charge in [-0.05, 0) is 64.3 Å². The molecule has 0 bridgehead atoms. The van der Waals surface area contributed by atoms with E-state index in [9.17, 15) is 14.0 Å². The fourth-order valence-electron chi connectivity index (χ4n) is 5.08. The number of benzene rings is 1. The summed E-state index contributed by atoms with van der Waals surface area (Å²) in [6.45, 7) is 8.05. The van der Waals surface area contributed by atoms with Gasteiger partial charge in [0.1, 0.15) is 11.5 Å². The third-order valence-corrected chi connectivity index (χ3v) is 6.72. The quantitative estimate of drug-likeness (QED) is 0.680. The number of hydrogen-bond acceptors (Lipinski definition) is 3. The average Bonchev–Trinajstić information content (AvgIpc) is 3.32. The molecule has 31 heavy (non-hydrogen) atoms. The van der Waals surface area contributed by atoms with Gasteiger partial charge in [0, 0.05) is 44.0 Å². The van der Waals surface area contributed by atoms with Gasteiger partial charge >= 0.3 is 0 Å². The van der Waals surface area contributed by atoms with Gasteiger partial charge in [0.05, 0.1) is 11.2 Å². The third-order valence-electron chi connectivity index (χ3n) is 6.72. The molecule has 168 valence electrons. The minimum absolute atomic E-state index is 0.00690. The van der Waals surface area contributed by atoms with Crippen LogP contribution in [0.2, 0.25) is 0 Å². The Morgan fingerprint density at radius 2 is 2.06 bits per heavy atom. The molecule has 0 unspecified atom stereocenters. The van der Waals surface area contributed by atoms with Crippen molar-refractivity contribution in [3.05, 3.63) is 29.7 Å². The number of aromatic nitrogens is 1. The molecule has 1 aromatic carbocycles. The first-order valence-corrected chi connectivity index (χ1v) is 11.7. The number of amides is 2. The molecule has 2 aliphatic heterocycles. The van der Waals surface area contributed by atoms with E-state index in [0.29, 0.717) is 48.9 Å². The van der Waals surface area contributed by atoms with Gasteiger partial charge in [-0.1, -0.05) is 6.42 Å². The molecule has 1 atom stereocenters.